The number of hydrogen-bond donors (Lipinski definition) is 2. The molecule has 4 aliphatic heterocycles. The highest BCUT2D eigenvalue weighted by Crippen LogP contribution is 2.61. The van der Waals surface area contributed by atoms with Crippen LogP contribution < -0.4 is 9.80 Å². The van der Waals surface area contributed by atoms with E-state index in [4.69, 9.17) is 4.74 Å². The van der Waals surface area contributed by atoms with Crippen molar-refractivity contribution in [2.45, 2.75) is 62.6 Å². The number of amides is 3. The summed E-state index contributed by atoms with van der Waals surface area (Å²) in [4.78, 5) is 59.6. The minimum Gasteiger partial charge on any atom is -0.432 e. The highest BCUT2D eigenvalue weighted by Gasteiger charge is 2.67. The first-order valence-electron chi connectivity index (χ1n) is 16.8. The SMILES string of the molecule is C[C@@H]1[C@@H]([Si](C)(C)O)[C@H](CC(=O)N2CCC[C@H]2CO)O[C@@]12C(=O)N(c1ccccc1)c1ccc(N3C(=O)c4cccc5cccc3c45)cc12. The number of likely N-dealkylation sites (tertiary alicyclic amines) is 1. The van der Waals surface area contributed by atoms with Crippen LogP contribution in [-0.4, -0.2) is 66.1 Å². The highest BCUT2D eigenvalue weighted by molar-refractivity contribution is 6.71. The van der Waals surface area contributed by atoms with Crippen LogP contribution in [0.4, 0.5) is 22.7 Å². The minimum atomic E-state index is -3.03. The molecule has 0 aromatic heterocycles. The van der Waals surface area contributed by atoms with Crippen molar-refractivity contribution in [2.75, 3.05) is 23.0 Å². The first kappa shape index (κ1) is 30.9. The average Bonchev–Trinajstić information content (AvgIpc) is 3.80. The summed E-state index contributed by atoms with van der Waals surface area (Å²) in [5.41, 5.74) is 2.00. The van der Waals surface area contributed by atoms with Gasteiger partial charge >= 0.3 is 0 Å². The lowest BCUT2D eigenvalue weighted by Crippen LogP contribution is -2.45. The van der Waals surface area contributed by atoms with Gasteiger partial charge in [-0.1, -0.05) is 49.4 Å². The summed E-state index contributed by atoms with van der Waals surface area (Å²) in [7, 11) is -3.03. The van der Waals surface area contributed by atoms with Gasteiger partial charge in [-0.3, -0.25) is 24.2 Å². The Morgan fingerprint density at radius 3 is 2.42 bits per heavy atom. The van der Waals surface area contributed by atoms with E-state index in [0.29, 0.717) is 34.7 Å². The van der Waals surface area contributed by atoms with Gasteiger partial charge in [-0.2, -0.15) is 0 Å². The molecule has 0 bridgehead atoms. The maximum atomic E-state index is 15.0. The number of aliphatic hydroxyl groups excluding tert-OH is 1. The van der Waals surface area contributed by atoms with Gasteiger partial charge in [0.15, 0.2) is 13.9 Å². The molecular weight excluding hydrogens is 623 g/mol. The largest absolute Gasteiger partial charge is 0.432 e. The zero-order chi connectivity index (χ0) is 33.5. The number of rotatable bonds is 6. The number of carbonyl (C=O) groups is 3. The summed E-state index contributed by atoms with van der Waals surface area (Å²) < 4.78 is 6.98. The number of para-hydroxylation sites is 1. The number of fused-ring (bicyclic) bond motifs is 2. The molecule has 246 valence electrons. The molecule has 2 saturated heterocycles. The lowest BCUT2D eigenvalue weighted by atomic mass is 9.82. The number of carbonyl (C=O) groups excluding carboxylic acids is 3. The van der Waals surface area contributed by atoms with Gasteiger partial charge in [0.05, 0.1) is 42.1 Å². The van der Waals surface area contributed by atoms with Crippen molar-refractivity contribution >= 4 is 59.6 Å². The second-order valence-electron chi connectivity index (χ2n) is 14.1. The van der Waals surface area contributed by atoms with Crippen molar-refractivity contribution in [3.63, 3.8) is 0 Å². The van der Waals surface area contributed by atoms with E-state index >= 15 is 4.79 Å². The summed E-state index contributed by atoms with van der Waals surface area (Å²) in [5, 5.41) is 11.8. The maximum Gasteiger partial charge on any atom is 0.268 e. The zero-order valence-corrected chi connectivity index (χ0v) is 28.3. The molecule has 0 radical (unpaired) electrons. The third-order valence-electron chi connectivity index (χ3n) is 11.0. The number of ether oxygens (including phenoxy) is 1. The molecule has 2 fully saturated rings. The molecule has 4 aliphatic rings. The van der Waals surface area contributed by atoms with Crippen molar-refractivity contribution in [1.82, 2.24) is 4.90 Å². The van der Waals surface area contributed by atoms with Crippen LogP contribution in [0.3, 0.4) is 0 Å². The standard InChI is InChI=1S/C38H39N3O6Si/c1-23-35(48(2,3)46)32(21-33(43)39-19-9-14-27(39)22-42)47-38(23)29-20-26(17-18-30(29)41(37(38)45)25-12-5-4-6-13-25)40-31-16-8-11-24-10-7-15-28(34(24)31)36(40)44/h4-8,10-13,15-18,20,23,27,32,35,42,46H,9,14,19,21-22H2,1-3H3/t23-,27+,32+,35-,38+/m1/s1. The second-order valence-corrected chi connectivity index (χ2v) is 18.1. The zero-order valence-electron chi connectivity index (χ0n) is 27.3. The van der Waals surface area contributed by atoms with Gasteiger partial charge in [-0.25, -0.2) is 0 Å². The monoisotopic (exact) mass is 661 g/mol. The molecule has 1 spiro atoms. The Kier molecular flexibility index (Phi) is 7.15. The van der Waals surface area contributed by atoms with Gasteiger partial charge in [0.2, 0.25) is 5.91 Å². The number of hydrogen-bond acceptors (Lipinski definition) is 6. The molecule has 4 aromatic carbocycles. The first-order valence-corrected chi connectivity index (χ1v) is 19.8. The van der Waals surface area contributed by atoms with Gasteiger partial charge in [0.1, 0.15) is 0 Å². The summed E-state index contributed by atoms with van der Waals surface area (Å²) in [6.45, 7) is 6.09. The number of anilines is 4. The molecule has 4 heterocycles. The fourth-order valence-electron chi connectivity index (χ4n) is 8.98. The molecule has 8 rings (SSSR count). The van der Waals surface area contributed by atoms with E-state index in [-0.39, 0.29) is 36.8 Å². The van der Waals surface area contributed by atoms with Crippen molar-refractivity contribution in [2.24, 2.45) is 5.92 Å². The van der Waals surface area contributed by atoms with Crippen LogP contribution in [0.2, 0.25) is 18.6 Å². The van der Waals surface area contributed by atoms with Crippen LogP contribution in [0.5, 0.6) is 0 Å². The predicted octanol–water partition coefficient (Wildman–Crippen LogP) is 5.98. The van der Waals surface area contributed by atoms with Crippen LogP contribution in [0.1, 0.15) is 42.1 Å². The normalized spacial score (nSPS) is 26.4. The molecule has 2 N–H and O–H groups in total. The van der Waals surface area contributed by atoms with Crippen LogP contribution in [0.25, 0.3) is 10.8 Å². The van der Waals surface area contributed by atoms with Gasteiger partial charge in [0, 0.05) is 40.3 Å². The number of aliphatic hydroxyl groups is 1. The molecule has 3 amide bonds. The molecule has 5 atom stereocenters. The Balaban J connectivity index is 1.27. The Hall–Kier alpha value is -4.35. The van der Waals surface area contributed by atoms with E-state index in [1.54, 1.807) is 14.7 Å². The summed E-state index contributed by atoms with van der Waals surface area (Å²) in [6, 6.07) is 26.4. The van der Waals surface area contributed by atoms with Crippen molar-refractivity contribution < 1.29 is 29.0 Å². The number of nitrogens with zero attached hydrogens (tertiary/aromatic N) is 3. The molecule has 0 saturated carbocycles. The Labute approximate surface area is 280 Å². The number of benzene rings is 4. The van der Waals surface area contributed by atoms with Crippen LogP contribution in [0, 0.1) is 5.92 Å². The molecular formula is C38H39N3O6Si. The maximum absolute atomic E-state index is 15.0. The third kappa shape index (κ3) is 4.36. The van der Waals surface area contributed by atoms with E-state index in [0.717, 1.165) is 29.3 Å². The Morgan fingerprint density at radius 2 is 1.69 bits per heavy atom. The Morgan fingerprint density at radius 1 is 0.938 bits per heavy atom. The fraction of sp³-hybridized carbons (Fsp3) is 0.342. The lowest BCUT2D eigenvalue weighted by Gasteiger charge is -2.33. The average molecular weight is 662 g/mol. The Bertz CT molecular complexity index is 1970. The second kappa shape index (κ2) is 11.1. The van der Waals surface area contributed by atoms with Crippen LogP contribution in [-0.2, 0) is 19.9 Å². The molecule has 10 heteroatoms. The van der Waals surface area contributed by atoms with Gasteiger partial charge in [-0.15, -0.1) is 0 Å². The predicted molar refractivity (Wildman–Crippen MR) is 186 cm³/mol. The molecule has 48 heavy (non-hydrogen) atoms. The minimum absolute atomic E-state index is 0.000193. The third-order valence-corrected chi connectivity index (χ3v) is 13.5. The quantitative estimate of drug-likeness (QED) is 0.246. The van der Waals surface area contributed by atoms with E-state index in [9.17, 15) is 19.5 Å². The van der Waals surface area contributed by atoms with Crippen molar-refractivity contribution in [3.05, 3.63) is 96.1 Å². The van der Waals surface area contributed by atoms with Crippen LogP contribution >= 0.6 is 0 Å². The van der Waals surface area contributed by atoms with Gasteiger partial charge in [-0.05, 0) is 73.8 Å². The summed E-state index contributed by atoms with van der Waals surface area (Å²) in [5.74, 6) is -1.05. The smallest absolute Gasteiger partial charge is 0.268 e. The van der Waals surface area contributed by atoms with Crippen molar-refractivity contribution in [3.8, 4) is 0 Å². The van der Waals surface area contributed by atoms with E-state index in [1.807, 2.05) is 105 Å². The fourth-order valence-corrected chi connectivity index (χ4v) is 11.5. The molecule has 0 aliphatic carbocycles. The van der Waals surface area contributed by atoms with Crippen molar-refractivity contribution in [1.29, 1.82) is 0 Å². The van der Waals surface area contributed by atoms with E-state index in [1.165, 1.54) is 0 Å². The lowest BCUT2D eigenvalue weighted by molar-refractivity contribution is -0.149. The summed E-state index contributed by atoms with van der Waals surface area (Å²) in [6.07, 6.45) is 0.840. The summed E-state index contributed by atoms with van der Waals surface area (Å²) >= 11 is 0. The molecule has 9 nitrogen and oxygen atoms in total. The first-order chi connectivity index (χ1) is 23.1. The molecule has 4 aromatic rings. The highest BCUT2D eigenvalue weighted by atomic mass is 28.4. The van der Waals surface area contributed by atoms with Gasteiger partial charge in [0.25, 0.3) is 11.8 Å². The van der Waals surface area contributed by atoms with Crippen LogP contribution in [0.15, 0.2) is 84.9 Å². The molecule has 0 unspecified atom stereocenters. The van der Waals surface area contributed by atoms with E-state index in [2.05, 4.69) is 0 Å². The van der Waals surface area contributed by atoms with Gasteiger partial charge < -0.3 is 19.5 Å². The topological polar surface area (TPSA) is 111 Å². The van der Waals surface area contributed by atoms with E-state index < -0.39 is 31.5 Å².